The number of hydrogen-bond acceptors (Lipinski definition) is 0. The van der Waals surface area contributed by atoms with Gasteiger partial charge in [-0.15, -0.1) is 0 Å². The van der Waals surface area contributed by atoms with Crippen LogP contribution in [0.25, 0.3) is 0 Å². The Morgan fingerprint density at radius 2 is 2.06 bits per heavy atom. The third-order valence-corrected chi connectivity index (χ3v) is 2.76. The number of hydrogen-bond donors (Lipinski definition) is 0. The molecule has 0 aromatic heterocycles. The lowest BCUT2D eigenvalue weighted by molar-refractivity contribution is -0.0884. The van der Waals surface area contributed by atoms with Gasteiger partial charge in [-0.25, -0.2) is 0 Å². The summed E-state index contributed by atoms with van der Waals surface area (Å²) in [6.07, 6.45) is 5.88. The predicted octanol–water partition coefficient (Wildman–Crippen LogP) is 4.10. The molecule has 0 saturated heterocycles. The second kappa shape index (κ2) is 3.81. The van der Waals surface area contributed by atoms with Gasteiger partial charge in [-0.3, -0.25) is 0 Å². The van der Waals surface area contributed by atoms with E-state index in [0.29, 0.717) is 5.57 Å². The van der Waals surface area contributed by atoms with Gasteiger partial charge in [0.05, 0.1) is 5.57 Å². The molecule has 0 aromatic rings. The van der Waals surface area contributed by atoms with Crippen LogP contribution in [0.3, 0.4) is 0 Å². The van der Waals surface area contributed by atoms with Crippen LogP contribution in [0.2, 0.25) is 0 Å². The van der Waals surface area contributed by atoms with E-state index in [1.165, 1.54) is 6.08 Å². The van der Waals surface area contributed by atoms with E-state index in [4.69, 9.17) is 0 Å². The molecule has 1 atom stereocenters. The SMILES string of the molecule is C=CC1=CCC2C=CC(C(F)(F)F)=CC2=C1. The van der Waals surface area contributed by atoms with Gasteiger partial charge in [0.15, 0.2) is 0 Å². The van der Waals surface area contributed by atoms with Crippen molar-refractivity contribution in [3.63, 3.8) is 0 Å². The summed E-state index contributed by atoms with van der Waals surface area (Å²) in [5.74, 6) is 0.0785. The van der Waals surface area contributed by atoms with E-state index in [9.17, 15) is 13.2 Å². The maximum Gasteiger partial charge on any atom is 0.416 e. The summed E-state index contributed by atoms with van der Waals surface area (Å²) in [7, 11) is 0. The largest absolute Gasteiger partial charge is 0.416 e. The summed E-state index contributed by atoms with van der Waals surface area (Å²) in [6.45, 7) is 3.62. The zero-order valence-corrected chi connectivity index (χ0v) is 8.59. The summed E-state index contributed by atoms with van der Waals surface area (Å²) in [6, 6.07) is 0. The Hall–Kier alpha value is -1.51. The zero-order valence-electron chi connectivity index (χ0n) is 8.59. The third kappa shape index (κ3) is 2.03. The summed E-state index contributed by atoms with van der Waals surface area (Å²) in [5, 5.41) is 0. The van der Waals surface area contributed by atoms with E-state index in [-0.39, 0.29) is 5.92 Å². The minimum atomic E-state index is -4.27. The topological polar surface area (TPSA) is 0 Å². The third-order valence-electron chi connectivity index (χ3n) is 2.76. The van der Waals surface area contributed by atoms with Crippen LogP contribution in [-0.4, -0.2) is 6.18 Å². The summed E-state index contributed by atoms with van der Waals surface area (Å²) in [4.78, 5) is 0. The number of alkyl halides is 3. The molecule has 0 aliphatic heterocycles. The molecular formula is C13H11F3. The van der Waals surface area contributed by atoms with Gasteiger partial charge in [-0.1, -0.05) is 37.0 Å². The van der Waals surface area contributed by atoms with Crippen molar-refractivity contribution in [2.24, 2.45) is 5.92 Å². The van der Waals surface area contributed by atoms with Crippen molar-refractivity contribution < 1.29 is 13.2 Å². The Morgan fingerprint density at radius 1 is 1.31 bits per heavy atom. The minimum Gasteiger partial charge on any atom is -0.166 e. The van der Waals surface area contributed by atoms with E-state index in [1.807, 2.05) is 6.08 Å². The fourth-order valence-electron chi connectivity index (χ4n) is 1.86. The molecular weight excluding hydrogens is 213 g/mol. The van der Waals surface area contributed by atoms with Gasteiger partial charge in [0.1, 0.15) is 0 Å². The number of allylic oxidation sites excluding steroid dienone is 9. The van der Waals surface area contributed by atoms with Gasteiger partial charge in [-0.2, -0.15) is 13.2 Å². The smallest absolute Gasteiger partial charge is 0.166 e. The van der Waals surface area contributed by atoms with Gasteiger partial charge in [0.2, 0.25) is 0 Å². The van der Waals surface area contributed by atoms with Gasteiger partial charge in [0.25, 0.3) is 0 Å². The molecule has 2 aliphatic rings. The number of halogens is 3. The first-order chi connectivity index (χ1) is 7.50. The average Bonchev–Trinajstić information content (AvgIpc) is 2.26. The molecule has 0 heterocycles. The van der Waals surface area contributed by atoms with Crippen molar-refractivity contribution in [1.29, 1.82) is 0 Å². The maximum atomic E-state index is 12.5. The van der Waals surface area contributed by atoms with Gasteiger partial charge in [-0.05, 0) is 23.6 Å². The first kappa shape index (κ1) is 11.0. The van der Waals surface area contributed by atoms with Gasteiger partial charge in [0, 0.05) is 5.92 Å². The van der Waals surface area contributed by atoms with Crippen LogP contribution in [0.15, 0.2) is 59.8 Å². The average molecular weight is 224 g/mol. The highest BCUT2D eigenvalue weighted by atomic mass is 19.4. The quantitative estimate of drug-likeness (QED) is 0.629. The Bertz CT molecular complexity index is 431. The Kier molecular flexibility index (Phi) is 2.62. The minimum absolute atomic E-state index is 0.0785. The Morgan fingerprint density at radius 3 is 2.69 bits per heavy atom. The fourth-order valence-corrected chi connectivity index (χ4v) is 1.86. The van der Waals surface area contributed by atoms with E-state index in [1.54, 1.807) is 18.2 Å². The van der Waals surface area contributed by atoms with E-state index in [2.05, 4.69) is 6.58 Å². The summed E-state index contributed by atoms with van der Waals surface area (Å²) < 4.78 is 37.5. The second-order valence-electron chi connectivity index (χ2n) is 3.85. The Balaban J connectivity index is 2.35. The first-order valence-corrected chi connectivity index (χ1v) is 5.02. The molecule has 0 amide bonds. The highest BCUT2D eigenvalue weighted by molar-refractivity contribution is 5.48. The van der Waals surface area contributed by atoms with Crippen molar-refractivity contribution in [2.75, 3.05) is 0 Å². The van der Waals surface area contributed by atoms with Crippen molar-refractivity contribution >= 4 is 0 Å². The van der Waals surface area contributed by atoms with E-state index in [0.717, 1.165) is 18.1 Å². The van der Waals surface area contributed by atoms with Crippen molar-refractivity contribution in [3.05, 3.63) is 59.8 Å². The van der Waals surface area contributed by atoms with E-state index >= 15 is 0 Å². The molecule has 0 nitrogen and oxygen atoms in total. The molecule has 16 heavy (non-hydrogen) atoms. The van der Waals surface area contributed by atoms with Crippen LogP contribution in [0.4, 0.5) is 13.2 Å². The van der Waals surface area contributed by atoms with Crippen LogP contribution in [0.5, 0.6) is 0 Å². The second-order valence-corrected chi connectivity index (χ2v) is 3.85. The standard InChI is InChI=1S/C13H11F3/c1-2-9-3-4-10-5-6-12(13(14,15)16)8-11(10)7-9/h2-3,5-8,10H,1,4H2. The highest BCUT2D eigenvalue weighted by Gasteiger charge is 2.34. The molecule has 0 aromatic carbocycles. The van der Waals surface area contributed by atoms with Crippen molar-refractivity contribution in [1.82, 2.24) is 0 Å². The molecule has 2 aliphatic carbocycles. The molecule has 0 spiro atoms. The summed E-state index contributed by atoms with van der Waals surface area (Å²) >= 11 is 0. The number of rotatable bonds is 1. The van der Waals surface area contributed by atoms with Crippen LogP contribution in [0.1, 0.15) is 6.42 Å². The summed E-state index contributed by atoms with van der Waals surface area (Å²) in [5.41, 5.74) is 1.02. The molecule has 0 radical (unpaired) electrons. The monoisotopic (exact) mass is 224 g/mol. The van der Waals surface area contributed by atoms with Gasteiger partial charge < -0.3 is 0 Å². The highest BCUT2D eigenvalue weighted by Crippen LogP contribution is 2.36. The van der Waals surface area contributed by atoms with Crippen molar-refractivity contribution in [3.8, 4) is 0 Å². The number of fused-ring (bicyclic) bond motifs is 1. The molecule has 2 rings (SSSR count). The van der Waals surface area contributed by atoms with Gasteiger partial charge >= 0.3 is 6.18 Å². The van der Waals surface area contributed by atoms with Crippen LogP contribution in [0, 0.1) is 5.92 Å². The normalized spacial score (nSPS) is 24.2. The lowest BCUT2D eigenvalue weighted by Gasteiger charge is -2.23. The first-order valence-electron chi connectivity index (χ1n) is 5.02. The maximum absolute atomic E-state index is 12.5. The molecule has 1 unspecified atom stereocenters. The molecule has 84 valence electrons. The Labute approximate surface area is 92.2 Å². The lowest BCUT2D eigenvalue weighted by Crippen LogP contribution is -2.15. The van der Waals surface area contributed by atoms with Crippen LogP contribution >= 0.6 is 0 Å². The zero-order chi connectivity index (χ0) is 11.8. The predicted molar refractivity (Wildman–Crippen MR) is 57.7 cm³/mol. The molecule has 0 fully saturated rings. The van der Waals surface area contributed by atoms with Crippen LogP contribution < -0.4 is 0 Å². The molecule has 0 bridgehead atoms. The van der Waals surface area contributed by atoms with E-state index < -0.39 is 11.7 Å². The lowest BCUT2D eigenvalue weighted by atomic mass is 9.83. The van der Waals surface area contributed by atoms with Crippen molar-refractivity contribution in [2.45, 2.75) is 12.6 Å². The molecule has 0 saturated carbocycles. The van der Waals surface area contributed by atoms with Crippen LogP contribution in [-0.2, 0) is 0 Å². The fraction of sp³-hybridized carbons (Fsp3) is 0.231. The molecule has 3 heteroatoms. The molecule has 0 N–H and O–H groups in total.